The lowest BCUT2D eigenvalue weighted by molar-refractivity contribution is -0.153. The van der Waals surface area contributed by atoms with Crippen molar-refractivity contribution in [3.05, 3.63) is 0 Å². The molecule has 1 amide bonds. The first kappa shape index (κ1) is 14.4. The monoisotopic (exact) mass is 259 g/mol. The molecule has 0 aromatic carbocycles. The highest BCUT2D eigenvalue weighted by Gasteiger charge is 2.38. The van der Waals surface area contributed by atoms with Crippen LogP contribution in [0.5, 0.6) is 0 Å². The minimum atomic E-state index is -1.34. The Kier molecular flexibility index (Phi) is 4.86. The third kappa shape index (κ3) is 3.63. The second kappa shape index (κ2) is 5.76. The number of carbonyl (C=O) groups is 2. The van der Waals surface area contributed by atoms with Gasteiger partial charge in [0.1, 0.15) is 5.41 Å². The summed E-state index contributed by atoms with van der Waals surface area (Å²) in [6.07, 6.45) is 3.02. The van der Waals surface area contributed by atoms with Gasteiger partial charge in [0.05, 0.1) is 0 Å². The van der Waals surface area contributed by atoms with Gasteiger partial charge in [-0.05, 0) is 38.9 Å². The summed E-state index contributed by atoms with van der Waals surface area (Å²) in [4.78, 5) is 22.8. The Labute approximate surface area is 107 Å². The van der Waals surface area contributed by atoms with Gasteiger partial charge in [0.25, 0.3) is 0 Å². The number of hydrogen-bond donors (Lipinski definition) is 2. The van der Waals surface area contributed by atoms with Crippen LogP contribution in [-0.4, -0.2) is 34.0 Å². The van der Waals surface area contributed by atoms with E-state index in [1.165, 1.54) is 13.8 Å². The molecule has 1 saturated carbocycles. The van der Waals surface area contributed by atoms with Crippen molar-refractivity contribution in [1.29, 1.82) is 0 Å². The number of carboxylic acid groups (broad SMARTS) is 1. The topological polar surface area (TPSA) is 66.4 Å². The first-order chi connectivity index (χ1) is 7.87. The van der Waals surface area contributed by atoms with Crippen molar-refractivity contribution in [2.45, 2.75) is 51.3 Å². The summed E-state index contributed by atoms with van der Waals surface area (Å²) in [5, 5.41) is 12.4. The molecule has 0 aromatic heterocycles. The fraction of sp³-hybridized carbons (Fsp3) is 0.833. The second-order valence-electron chi connectivity index (χ2n) is 4.99. The quantitative estimate of drug-likeness (QED) is 0.740. The molecule has 0 aliphatic heterocycles. The summed E-state index contributed by atoms with van der Waals surface area (Å²) in [7, 11) is 0. The summed E-state index contributed by atoms with van der Waals surface area (Å²) in [5.41, 5.74) is -1.34. The number of amides is 1. The molecule has 2 unspecified atom stereocenters. The van der Waals surface area contributed by atoms with Crippen LogP contribution in [0, 0.1) is 5.41 Å². The van der Waals surface area contributed by atoms with Crippen LogP contribution in [0.25, 0.3) is 0 Å². The molecule has 2 atom stereocenters. The van der Waals surface area contributed by atoms with E-state index in [4.69, 9.17) is 5.11 Å². The van der Waals surface area contributed by atoms with Crippen LogP contribution >= 0.6 is 11.8 Å². The van der Waals surface area contributed by atoms with Crippen molar-refractivity contribution in [1.82, 2.24) is 5.32 Å². The molecule has 0 heterocycles. The van der Waals surface area contributed by atoms with Gasteiger partial charge < -0.3 is 10.4 Å². The summed E-state index contributed by atoms with van der Waals surface area (Å²) >= 11 is 1.92. The predicted molar refractivity (Wildman–Crippen MR) is 69.1 cm³/mol. The Balaban J connectivity index is 2.46. The van der Waals surface area contributed by atoms with Gasteiger partial charge in [0.15, 0.2) is 0 Å². The molecule has 1 rings (SSSR count). The van der Waals surface area contributed by atoms with E-state index >= 15 is 0 Å². The normalized spacial score (nSPS) is 24.6. The van der Waals surface area contributed by atoms with Gasteiger partial charge in [-0.3, -0.25) is 9.59 Å². The summed E-state index contributed by atoms with van der Waals surface area (Å²) in [6.45, 7) is 5.01. The van der Waals surface area contributed by atoms with Gasteiger partial charge in [-0.25, -0.2) is 0 Å². The Morgan fingerprint density at radius 2 is 2.06 bits per heavy atom. The zero-order valence-electron chi connectivity index (χ0n) is 10.7. The van der Waals surface area contributed by atoms with Crippen LogP contribution < -0.4 is 5.32 Å². The minimum Gasteiger partial charge on any atom is -0.480 e. The maximum Gasteiger partial charge on any atom is 0.318 e. The van der Waals surface area contributed by atoms with Gasteiger partial charge in [0.2, 0.25) is 5.91 Å². The molecule has 0 radical (unpaired) electrons. The van der Waals surface area contributed by atoms with Crippen molar-refractivity contribution in [3.63, 3.8) is 0 Å². The molecule has 0 spiro atoms. The van der Waals surface area contributed by atoms with Crippen molar-refractivity contribution in [3.8, 4) is 0 Å². The van der Waals surface area contributed by atoms with Crippen LogP contribution in [0.1, 0.15) is 40.0 Å². The summed E-state index contributed by atoms with van der Waals surface area (Å²) < 4.78 is 0. The molecule has 5 heteroatoms. The zero-order chi connectivity index (χ0) is 13.1. The lowest BCUT2D eigenvalue weighted by Gasteiger charge is -2.21. The largest absolute Gasteiger partial charge is 0.480 e. The van der Waals surface area contributed by atoms with E-state index in [1.54, 1.807) is 0 Å². The van der Waals surface area contributed by atoms with Gasteiger partial charge in [-0.15, -0.1) is 0 Å². The average molecular weight is 259 g/mol. The summed E-state index contributed by atoms with van der Waals surface area (Å²) in [5.74, 6) is -0.365. The number of nitrogens with one attached hydrogen (secondary N) is 1. The molecule has 0 aromatic rings. The van der Waals surface area contributed by atoms with Gasteiger partial charge in [0, 0.05) is 11.3 Å². The number of carboxylic acids is 1. The summed E-state index contributed by atoms with van der Waals surface area (Å²) in [6, 6.07) is 0.144. The van der Waals surface area contributed by atoms with Crippen molar-refractivity contribution in [2.75, 3.05) is 5.75 Å². The predicted octanol–water partition coefficient (Wildman–Crippen LogP) is 1.89. The van der Waals surface area contributed by atoms with Crippen LogP contribution in [0.3, 0.4) is 0 Å². The molecule has 17 heavy (non-hydrogen) atoms. The molecule has 98 valence electrons. The molecule has 4 nitrogen and oxygen atoms in total. The number of aliphatic carboxylic acids is 1. The van der Waals surface area contributed by atoms with Gasteiger partial charge in [-0.1, -0.05) is 6.92 Å². The van der Waals surface area contributed by atoms with E-state index < -0.39 is 11.4 Å². The SMILES string of the molecule is CCSC1CCC(NC(=O)C(C)(C)C(=O)O)C1. The maximum atomic E-state index is 11.8. The molecule has 0 saturated heterocycles. The van der Waals surface area contributed by atoms with E-state index in [9.17, 15) is 9.59 Å². The highest BCUT2D eigenvalue weighted by atomic mass is 32.2. The number of rotatable bonds is 5. The zero-order valence-corrected chi connectivity index (χ0v) is 11.5. The highest BCUT2D eigenvalue weighted by molar-refractivity contribution is 7.99. The van der Waals surface area contributed by atoms with Crippen LogP contribution in [0.2, 0.25) is 0 Å². The molecule has 1 aliphatic rings. The second-order valence-corrected chi connectivity index (χ2v) is 6.57. The highest BCUT2D eigenvalue weighted by Crippen LogP contribution is 2.30. The molecular weight excluding hydrogens is 238 g/mol. The van der Waals surface area contributed by atoms with Gasteiger partial charge in [-0.2, -0.15) is 11.8 Å². The number of thioether (sulfide) groups is 1. The van der Waals surface area contributed by atoms with Crippen molar-refractivity contribution < 1.29 is 14.7 Å². The third-order valence-electron chi connectivity index (χ3n) is 3.22. The van der Waals surface area contributed by atoms with E-state index in [-0.39, 0.29) is 11.9 Å². The first-order valence-corrected chi connectivity index (χ1v) is 7.08. The lowest BCUT2D eigenvalue weighted by Crippen LogP contribution is -2.46. The molecule has 0 bridgehead atoms. The smallest absolute Gasteiger partial charge is 0.318 e. The number of hydrogen-bond acceptors (Lipinski definition) is 3. The average Bonchev–Trinajstić information content (AvgIpc) is 2.65. The van der Waals surface area contributed by atoms with Crippen molar-refractivity contribution >= 4 is 23.6 Å². The number of carbonyl (C=O) groups excluding carboxylic acids is 1. The minimum absolute atomic E-state index is 0.144. The fourth-order valence-corrected chi connectivity index (χ4v) is 3.06. The van der Waals surface area contributed by atoms with E-state index in [0.717, 1.165) is 25.0 Å². The lowest BCUT2D eigenvalue weighted by atomic mass is 9.92. The Morgan fingerprint density at radius 1 is 1.41 bits per heavy atom. The maximum absolute atomic E-state index is 11.8. The Morgan fingerprint density at radius 3 is 2.59 bits per heavy atom. The van der Waals surface area contributed by atoms with E-state index in [0.29, 0.717) is 5.25 Å². The third-order valence-corrected chi connectivity index (χ3v) is 4.46. The molecule has 1 aliphatic carbocycles. The van der Waals surface area contributed by atoms with Crippen molar-refractivity contribution in [2.24, 2.45) is 5.41 Å². The molecule has 2 N–H and O–H groups in total. The standard InChI is InChI=1S/C12H21NO3S/c1-4-17-9-6-5-8(7-9)13-10(14)12(2,3)11(15)16/h8-9H,4-7H2,1-3H3,(H,13,14)(H,15,16). The van der Waals surface area contributed by atoms with Crippen LogP contribution in [0.4, 0.5) is 0 Å². The first-order valence-electron chi connectivity index (χ1n) is 6.04. The van der Waals surface area contributed by atoms with E-state index in [2.05, 4.69) is 12.2 Å². The van der Waals surface area contributed by atoms with Crippen LogP contribution in [-0.2, 0) is 9.59 Å². The fourth-order valence-electron chi connectivity index (χ4n) is 1.92. The Bertz CT molecular complexity index is 304. The molecular formula is C12H21NO3S. The van der Waals surface area contributed by atoms with Crippen LogP contribution in [0.15, 0.2) is 0 Å². The molecule has 1 fully saturated rings. The van der Waals surface area contributed by atoms with Gasteiger partial charge >= 0.3 is 5.97 Å². The Hall–Kier alpha value is -0.710. The van der Waals surface area contributed by atoms with E-state index in [1.807, 2.05) is 11.8 Å².